The Balaban J connectivity index is 1.95. The van der Waals surface area contributed by atoms with Gasteiger partial charge in [0.15, 0.2) is 6.10 Å². The van der Waals surface area contributed by atoms with Crippen molar-refractivity contribution in [3.05, 3.63) is 89.7 Å². The number of carboxylic acid groups (broad SMARTS) is 1. The quantitative estimate of drug-likeness (QED) is 0.239. The van der Waals surface area contributed by atoms with Gasteiger partial charge >= 0.3 is 12.1 Å². The highest BCUT2D eigenvalue weighted by Gasteiger charge is 2.34. The van der Waals surface area contributed by atoms with Crippen LogP contribution in [0.4, 0.5) is 17.6 Å². The molecule has 1 N–H and O–H groups in total. The first-order chi connectivity index (χ1) is 18.0. The van der Waals surface area contributed by atoms with E-state index in [0.717, 1.165) is 23.8 Å². The molecule has 0 aliphatic heterocycles. The number of ether oxygens (including phenoxy) is 1. The minimum Gasteiger partial charge on any atom is -0.479 e. The Kier molecular flexibility index (Phi) is 7.57. The number of halogens is 4. The SMILES string of the molecule is CCC(Oc1ccc(F)cc1-c1cc(-c2ccccc2C(F)(F)F)n(-c2ccc(C(C)C)cc2)n1)C(=O)O. The van der Waals surface area contributed by atoms with E-state index in [4.69, 9.17) is 4.74 Å². The maximum Gasteiger partial charge on any atom is 0.417 e. The van der Waals surface area contributed by atoms with Crippen molar-refractivity contribution in [1.29, 1.82) is 0 Å². The van der Waals surface area contributed by atoms with Gasteiger partial charge in [-0.2, -0.15) is 18.3 Å². The highest BCUT2D eigenvalue weighted by atomic mass is 19.4. The summed E-state index contributed by atoms with van der Waals surface area (Å²) in [7, 11) is 0. The summed E-state index contributed by atoms with van der Waals surface area (Å²) in [6, 6.07) is 17.4. The lowest BCUT2D eigenvalue weighted by Crippen LogP contribution is -2.26. The molecule has 0 bridgehead atoms. The Bertz CT molecular complexity index is 1440. The molecule has 5 nitrogen and oxygen atoms in total. The second-order valence-electron chi connectivity index (χ2n) is 9.11. The van der Waals surface area contributed by atoms with Crippen molar-refractivity contribution in [2.24, 2.45) is 0 Å². The molecule has 9 heteroatoms. The van der Waals surface area contributed by atoms with Crippen molar-refractivity contribution >= 4 is 5.97 Å². The summed E-state index contributed by atoms with van der Waals surface area (Å²) in [6.07, 6.45) is -5.68. The van der Waals surface area contributed by atoms with Crippen LogP contribution in [0.3, 0.4) is 0 Å². The standard InChI is InChI=1S/C29H26F4N2O3/c1-4-26(28(36)37)38-27-14-11-19(30)15-22(27)24-16-25(21-7-5-6-8-23(21)29(31,32)33)35(34-24)20-12-9-18(10-13-20)17(2)3/h5-17,26H,4H2,1-3H3,(H,36,37). The van der Waals surface area contributed by atoms with Gasteiger partial charge in [0.25, 0.3) is 0 Å². The summed E-state index contributed by atoms with van der Waals surface area (Å²) < 4.78 is 63.2. The van der Waals surface area contributed by atoms with E-state index >= 15 is 0 Å². The minimum absolute atomic E-state index is 0.0520. The van der Waals surface area contributed by atoms with Gasteiger partial charge in [-0.25, -0.2) is 13.9 Å². The molecule has 0 amide bonds. The average Bonchev–Trinajstić information content (AvgIpc) is 3.32. The number of hydrogen-bond acceptors (Lipinski definition) is 3. The molecule has 0 aliphatic rings. The Morgan fingerprint density at radius 2 is 1.68 bits per heavy atom. The lowest BCUT2D eigenvalue weighted by Gasteiger charge is -2.15. The zero-order valence-electron chi connectivity index (χ0n) is 21.0. The molecule has 0 radical (unpaired) electrons. The number of hydrogen-bond donors (Lipinski definition) is 1. The Morgan fingerprint density at radius 1 is 1.00 bits per heavy atom. The molecule has 4 rings (SSSR count). The summed E-state index contributed by atoms with van der Waals surface area (Å²) in [4.78, 5) is 11.6. The van der Waals surface area contributed by atoms with Crippen LogP contribution >= 0.6 is 0 Å². The first-order valence-corrected chi connectivity index (χ1v) is 12.1. The van der Waals surface area contributed by atoms with E-state index in [0.29, 0.717) is 5.69 Å². The van der Waals surface area contributed by atoms with E-state index in [1.807, 2.05) is 26.0 Å². The van der Waals surface area contributed by atoms with Gasteiger partial charge in [0.2, 0.25) is 0 Å². The van der Waals surface area contributed by atoms with Gasteiger partial charge in [-0.3, -0.25) is 0 Å². The van der Waals surface area contributed by atoms with E-state index in [9.17, 15) is 27.5 Å². The Morgan fingerprint density at radius 3 is 2.29 bits per heavy atom. The van der Waals surface area contributed by atoms with Crippen LogP contribution in [0.2, 0.25) is 0 Å². The fourth-order valence-electron chi connectivity index (χ4n) is 4.12. The maximum atomic E-state index is 14.3. The Labute approximate surface area is 217 Å². The van der Waals surface area contributed by atoms with Crippen molar-refractivity contribution in [3.63, 3.8) is 0 Å². The van der Waals surface area contributed by atoms with Crippen LogP contribution in [0, 0.1) is 5.82 Å². The lowest BCUT2D eigenvalue weighted by atomic mass is 10.0. The summed E-state index contributed by atoms with van der Waals surface area (Å²) in [6.45, 7) is 5.68. The summed E-state index contributed by atoms with van der Waals surface area (Å²) in [5.41, 5.74) is 0.960. The predicted octanol–water partition coefficient (Wildman–Crippen LogP) is 7.73. The summed E-state index contributed by atoms with van der Waals surface area (Å²) in [5, 5.41) is 14.0. The van der Waals surface area contributed by atoms with Gasteiger partial charge in [0, 0.05) is 11.1 Å². The third-order valence-corrected chi connectivity index (χ3v) is 6.16. The highest BCUT2D eigenvalue weighted by Crippen LogP contribution is 2.40. The normalized spacial score (nSPS) is 12.5. The van der Waals surface area contributed by atoms with Crippen LogP contribution in [-0.2, 0) is 11.0 Å². The summed E-state index contributed by atoms with van der Waals surface area (Å²) in [5.74, 6) is -1.53. The van der Waals surface area contributed by atoms with Gasteiger partial charge in [0.1, 0.15) is 11.6 Å². The van der Waals surface area contributed by atoms with Crippen molar-refractivity contribution in [2.75, 3.05) is 0 Å². The van der Waals surface area contributed by atoms with Crippen LogP contribution in [0.5, 0.6) is 5.75 Å². The van der Waals surface area contributed by atoms with Crippen molar-refractivity contribution in [1.82, 2.24) is 9.78 Å². The molecule has 1 heterocycles. The largest absolute Gasteiger partial charge is 0.479 e. The monoisotopic (exact) mass is 526 g/mol. The van der Waals surface area contributed by atoms with Crippen LogP contribution in [0.25, 0.3) is 28.2 Å². The number of alkyl halides is 3. The second kappa shape index (κ2) is 10.7. The third kappa shape index (κ3) is 5.56. The molecular formula is C29H26F4N2O3. The number of aliphatic carboxylic acids is 1. The number of nitrogens with zero attached hydrogens (tertiary/aromatic N) is 2. The van der Waals surface area contributed by atoms with Crippen LogP contribution in [0.15, 0.2) is 72.8 Å². The molecule has 1 unspecified atom stereocenters. The second-order valence-corrected chi connectivity index (χ2v) is 9.11. The molecule has 1 atom stereocenters. The zero-order chi connectivity index (χ0) is 27.6. The number of benzene rings is 3. The topological polar surface area (TPSA) is 64.4 Å². The van der Waals surface area contributed by atoms with Gasteiger partial charge in [-0.05, 0) is 60.4 Å². The average molecular weight is 527 g/mol. The molecule has 0 aliphatic carbocycles. The van der Waals surface area contributed by atoms with E-state index in [-0.39, 0.29) is 40.6 Å². The summed E-state index contributed by atoms with van der Waals surface area (Å²) >= 11 is 0. The van der Waals surface area contributed by atoms with Crippen LogP contribution < -0.4 is 4.74 Å². The van der Waals surface area contributed by atoms with Crippen LogP contribution in [0.1, 0.15) is 44.2 Å². The molecule has 38 heavy (non-hydrogen) atoms. The third-order valence-electron chi connectivity index (χ3n) is 6.16. The van der Waals surface area contributed by atoms with Gasteiger partial charge in [0.05, 0.1) is 22.6 Å². The first-order valence-electron chi connectivity index (χ1n) is 12.1. The van der Waals surface area contributed by atoms with Crippen molar-refractivity contribution < 1.29 is 32.2 Å². The number of carboxylic acids is 1. The fourth-order valence-corrected chi connectivity index (χ4v) is 4.12. The fraction of sp³-hybridized carbons (Fsp3) is 0.241. The smallest absolute Gasteiger partial charge is 0.417 e. The van der Waals surface area contributed by atoms with Gasteiger partial charge in [-0.15, -0.1) is 0 Å². The Hall–Kier alpha value is -4.14. The van der Waals surface area contributed by atoms with E-state index in [1.165, 1.54) is 35.0 Å². The van der Waals surface area contributed by atoms with Crippen molar-refractivity contribution in [2.45, 2.75) is 45.4 Å². The van der Waals surface area contributed by atoms with E-state index in [1.54, 1.807) is 19.1 Å². The lowest BCUT2D eigenvalue weighted by molar-refractivity contribution is -0.145. The molecule has 0 spiro atoms. The molecule has 198 valence electrons. The van der Waals surface area contributed by atoms with Crippen LogP contribution in [-0.4, -0.2) is 27.0 Å². The molecule has 0 fully saturated rings. The van der Waals surface area contributed by atoms with Gasteiger partial charge in [-0.1, -0.05) is 51.1 Å². The molecule has 1 aromatic heterocycles. The maximum absolute atomic E-state index is 14.3. The molecule has 0 saturated carbocycles. The van der Waals surface area contributed by atoms with Crippen molar-refractivity contribution in [3.8, 4) is 34.0 Å². The number of rotatable bonds is 8. The molecule has 0 saturated heterocycles. The first kappa shape index (κ1) is 26.9. The molecular weight excluding hydrogens is 500 g/mol. The predicted molar refractivity (Wildman–Crippen MR) is 136 cm³/mol. The zero-order valence-corrected chi connectivity index (χ0v) is 21.0. The van der Waals surface area contributed by atoms with E-state index < -0.39 is 29.6 Å². The number of carbonyl (C=O) groups is 1. The molecule has 4 aromatic rings. The molecule has 3 aromatic carbocycles. The highest BCUT2D eigenvalue weighted by molar-refractivity contribution is 5.77. The minimum atomic E-state index is -4.63. The number of aromatic nitrogens is 2. The van der Waals surface area contributed by atoms with Gasteiger partial charge < -0.3 is 9.84 Å². The van der Waals surface area contributed by atoms with E-state index in [2.05, 4.69) is 5.10 Å².